The van der Waals surface area contributed by atoms with Crippen molar-refractivity contribution in [2.75, 3.05) is 18.6 Å². The summed E-state index contributed by atoms with van der Waals surface area (Å²) in [5.41, 5.74) is -0.542. The van der Waals surface area contributed by atoms with Crippen molar-refractivity contribution >= 4 is 23.6 Å². The summed E-state index contributed by atoms with van der Waals surface area (Å²) in [7, 11) is 0. The van der Waals surface area contributed by atoms with Gasteiger partial charge in [0.1, 0.15) is 11.6 Å². The molecule has 1 atom stereocenters. The highest BCUT2D eigenvalue weighted by molar-refractivity contribution is 7.98. The van der Waals surface area contributed by atoms with Gasteiger partial charge in [-0.25, -0.2) is 0 Å². The Morgan fingerprint density at radius 3 is 2.60 bits per heavy atom. The Kier molecular flexibility index (Phi) is 5.35. The molecule has 1 saturated heterocycles. The van der Waals surface area contributed by atoms with E-state index in [2.05, 4.69) is 11.6 Å². The van der Waals surface area contributed by atoms with Crippen molar-refractivity contribution in [1.29, 1.82) is 0 Å². The summed E-state index contributed by atoms with van der Waals surface area (Å²) in [6, 6.07) is -0.315. The summed E-state index contributed by atoms with van der Waals surface area (Å²) in [5, 5.41) is 2.96. The predicted molar refractivity (Wildman–Crippen MR) is 82.7 cm³/mol. The Labute approximate surface area is 126 Å². The molecule has 4 nitrogen and oxygen atoms in total. The van der Waals surface area contributed by atoms with Crippen LogP contribution in [-0.2, 0) is 9.59 Å². The average Bonchev–Trinajstić information content (AvgIpc) is 2.48. The quantitative estimate of drug-likeness (QED) is 0.792. The van der Waals surface area contributed by atoms with Crippen LogP contribution in [0.2, 0.25) is 0 Å². The fourth-order valence-electron chi connectivity index (χ4n) is 3.48. The van der Waals surface area contributed by atoms with E-state index in [-0.39, 0.29) is 17.9 Å². The van der Waals surface area contributed by atoms with Crippen LogP contribution < -0.4 is 5.32 Å². The lowest BCUT2D eigenvalue weighted by atomic mass is 9.77. The highest BCUT2D eigenvalue weighted by Gasteiger charge is 2.51. The van der Waals surface area contributed by atoms with Crippen LogP contribution in [0.1, 0.15) is 51.9 Å². The Morgan fingerprint density at radius 2 is 2.00 bits per heavy atom. The third-order valence-electron chi connectivity index (χ3n) is 4.63. The second kappa shape index (κ2) is 6.83. The van der Waals surface area contributed by atoms with Gasteiger partial charge in [-0.2, -0.15) is 11.8 Å². The van der Waals surface area contributed by atoms with Crippen LogP contribution in [0.15, 0.2) is 0 Å². The van der Waals surface area contributed by atoms with E-state index in [1.54, 1.807) is 11.8 Å². The zero-order valence-electron chi connectivity index (χ0n) is 12.6. The fraction of sp³-hybridized carbons (Fsp3) is 0.867. The van der Waals surface area contributed by atoms with Gasteiger partial charge in [0.05, 0.1) is 0 Å². The van der Waals surface area contributed by atoms with E-state index in [0.717, 1.165) is 44.4 Å². The van der Waals surface area contributed by atoms with Crippen molar-refractivity contribution in [3.05, 3.63) is 0 Å². The minimum atomic E-state index is -0.542. The number of amides is 2. The average molecular weight is 298 g/mol. The lowest BCUT2D eigenvalue weighted by molar-refractivity contribution is -0.160. The molecule has 20 heavy (non-hydrogen) atoms. The lowest BCUT2D eigenvalue weighted by Gasteiger charge is -2.50. The van der Waals surface area contributed by atoms with Crippen LogP contribution in [0.25, 0.3) is 0 Å². The summed E-state index contributed by atoms with van der Waals surface area (Å²) < 4.78 is 0. The first-order valence-corrected chi connectivity index (χ1v) is 9.16. The molecule has 1 spiro atoms. The standard InChI is InChI=1S/C15H26N2O2S/c1-3-12-13(18)17(10-7-11-20-2)15(14(19)16-12)8-5-4-6-9-15/h12H,3-11H2,1-2H3,(H,16,19). The first-order chi connectivity index (χ1) is 9.65. The van der Waals surface area contributed by atoms with Gasteiger partial charge in [0.25, 0.3) is 0 Å². The number of nitrogens with zero attached hydrogens (tertiary/aromatic N) is 1. The fourth-order valence-corrected chi connectivity index (χ4v) is 3.90. The molecule has 2 aliphatic rings. The second-order valence-corrected chi connectivity index (χ2v) is 6.85. The summed E-state index contributed by atoms with van der Waals surface area (Å²) in [4.78, 5) is 27.2. The molecule has 0 bridgehead atoms. The maximum absolute atomic E-state index is 12.7. The van der Waals surface area contributed by atoms with E-state index in [0.29, 0.717) is 6.42 Å². The summed E-state index contributed by atoms with van der Waals surface area (Å²) in [6.07, 6.45) is 8.68. The van der Waals surface area contributed by atoms with Crippen LogP contribution in [0.4, 0.5) is 0 Å². The molecule has 0 radical (unpaired) electrons. The Morgan fingerprint density at radius 1 is 1.30 bits per heavy atom. The van der Waals surface area contributed by atoms with Crippen LogP contribution in [0.3, 0.4) is 0 Å². The third-order valence-corrected chi connectivity index (χ3v) is 5.32. The second-order valence-electron chi connectivity index (χ2n) is 5.86. The summed E-state index contributed by atoms with van der Waals surface area (Å²) in [5.74, 6) is 1.26. The van der Waals surface area contributed by atoms with Crippen molar-refractivity contribution in [2.45, 2.75) is 63.5 Å². The normalized spacial score (nSPS) is 25.9. The van der Waals surface area contributed by atoms with Gasteiger partial charge >= 0.3 is 0 Å². The topological polar surface area (TPSA) is 49.4 Å². The summed E-state index contributed by atoms with van der Waals surface area (Å²) >= 11 is 1.80. The number of hydrogen-bond acceptors (Lipinski definition) is 3. The van der Waals surface area contributed by atoms with E-state index >= 15 is 0 Å². The van der Waals surface area contributed by atoms with Crippen molar-refractivity contribution in [2.24, 2.45) is 0 Å². The molecule has 1 heterocycles. The van der Waals surface area contributed by atoms with Gasteiger partial charge in [0.15, 0.2) is 0 Å². The number of hydrogen-bond donors (Lipinski definition) is 1. The molecule has 2 rings (SSSR count). The Hall–Kier alpha value is -0.710. The first-order valence-electron chi connectivity index (χ1n) is 7.77. The highest BCUT2D eigenvalue weighted by Crippen LogP contribution is 2.37. The molecule has 0 aromatic heterocycles. The molecular formula is C15H26N2O2S. The van der Waals surface area contributed by atoms with E-state index in [1.165, 1.54) is 6.42 Å². The number of rotatable bonds is 5. The van der Waals surface area contributed by atoms with Crippen LogP contribution >= 0.6 is 11.8 Å². The van der Waals surface area contributed by atoms with Gasteiger partial charge in [-0.15, -0.1) is 0 Å². The van der Waals surface area contributed by atoms with Crippen molar-refractivity contribution in [1.82, 2.24) is 10.2 Å². The predicted octanol–water partition coefficient (Wildman–Crippen LogP) is 2.18. The number of carbonyl (C=O) groups is 2. The van der Waals surface area contributed by atoms with Crippen LogP contribution in [0.5, 0.6) is 0 Å². The molecule has 2 amide bonds. The van der Waals surface area contributed by atoms with E-state index in [1.807, 2.05) is 11.8 Å². The van der Waals surface area contributed by atoms with Gasteiger partial charge in [-0.05, 0) is 37.7 Å². The zero-order valence-corrected chi connectivity index (χ0v) is 13.4. The smallest absolute Gasteiger partial charge is 0.246 e. The van der Waals surface area contributed by atoms with Gasteiger partial charge in [0.2, 0.25) is 11.8 Å². The minimum Gasteiger partial charge on any atom is -0.342 e. The molecule has 1 aliphatic heterocycles. The number of carbonyl (C=O) groups excluding carboxylic acids is 2. The lowest BCUT2D eigenvalue weighted by Crippen LogP contribution is -2.71. The van der Waals surface area contributed by atoms with Gasteiger partial charge in [-0.3, -0.25) is 9.59 Å². The number of piperazine rings is 1. The highest BCUT2D eigenvalue weighted by atomic mass is 32.2. The van der Waals surface area contributed by atoms with Crippen LogP contribution in [0, 0.1) is 0 Å². The molecule has 0 aromatic carbocycles. The largest absolute Gasteiger partial charge is 0.342 e. The molecule has 5 heteroatoms. The van der Waals surface area contributed by atoms with Gasteiger partial charge < -0.3 is 10.2 Å². The number of thioether (sulfide) groups is 1. The third kappa shape index (κ3) is 2.83. The van der Waals surface area contributed by atoms with Crippen molar-refractivity contribution in [3.8, 4) is 0 Å². The maximum atomic E-state index is 12.7. The molecule has 1 saturated carbocycles. The van der Waals surface area contributed by atoms with Gasteiger partial charge in [-0.1, -0.05) is 26.2 Å². The SMILES string of the molecule is CCC1NC(=O)C2(CCCCC2)N(CCCSC)C1=O. The van der Waals surface area contributed by atoms with Crippen molar-refractivity contribution < 1.29 is 9.59 Å². The molecule has 1 aliphatic carbocycles. The van der Waals surface area contributed by atoms with E-state index in [4.69, 9.17) is 0 Å². The Balaban J connectivity index is 2.20. The molecule has 0 aromatic rings. The first kappa shape index (κ1) is 15.7. The van der Waals surface area contributed by atoms with E-state index < -0.39 is 5.54 Å². The molecule has 2 fully saturated rings. The molecule has 114 valence electrons. The monoisotopic (exact) mass is 298 g/mol. The van der Waals surface area contributed by atoms with Crippen molar-refractivity contribution in [3.63, 3.8) is 0 Å². The Bertz CT molecular complexity index is 367. The molecular weight excluding hydrogens is 272 g/mol. The minimum absolute atomic E-state index is 0.0906. The summed E-state index contributed by atoms with van der Waals surface area (Å²) in [6.45, 7) is 2.69. The number of nitrogens with one attached hydrogen (secondary N) is 1. The zero-order chi connectivity index (χ0) is 14.6. The molecule has 1 unspecified atom stereocenters. The van der Waals surface area contributed by atoms with Crippen LogP contribution in [-0.4, -0.2) is 46.8 Å². The van der Waals surface area contributed by atoms with Gasteiger partial charge in [0, 0.05) is 6.54 Å². The van der Waals surface area contributed by atoms with E-state index in [9.17, 15) is 9.59 Å². The maximum Gasteiger partial charge on any atom is 0.246 e. The molecule has 1 N–H and O–H groups in total.